The van der Waals surface area contributed by atoms with E-state index < -0.39 is 17.7 Å². The van der Waals surface area contributed by atoms with Crippen molar-refractivity contribution in [2.45, 2.75) is 45.1 Å². The molecule has 0 spiro atoms. The molecule has 0 aromatic carbocycles. The second-order valence-corrected chi connectivity index (χ2v) is 5.28. The van der Waals surface area contributed by atoms with E-state index in [9.17, 15) is 9.59 Å². The van der Waals surface area contributed by atoms with Gasteiger partial charge in [0.25, 0.3) is 0 Å². The lowest BCUT2D eigenvalue weighted by atomic mass is 9.89. The van der Waals surface area contributed by atoms with E-state index in [1.807, 2.05) is 0 Å². The summed E-state index contributed by atoms with van der Waals surface area (Å²) in [6.07, 6.45) is 2.74. The summed E-state index contributed by atoms with van der Waals surface area (Å²) in [6.45, 7) is 8.67. The van der Waals surface area contributed by atoms with Gasteiger partial charge in [0.2, 0.25) is 0 Å². The molecule has 1 aliphatic heterocycles. The van der Waals surface area contributed by atoms with E-state index in [2.05, 4.69) is 18.8 Å². The Kier molecular flexibility index (Phi) is 7.22. The highest BCUT2D eigenvalue weighted by Crippen LogP contribution is 2.30. The molecule has 0 saturated carbocycles. The molecule has 0 aliphatic carbocycles. The molecule has 1 fully saturated rings. The summed E-state index contributed by atoms with van der Waals surface area (Å²) in [7, 11) is 0. The van der Waals surface area contributed by atoms with Gasteiger partial charge in [-0.2, -0.15) is 0 Å². The normalized spacial score (nSPS) is 16.9. The molecule has 1 N–H and O–H groups in total. The van der Waals surface area contributed by atoms with Crippen molar-refractivity contribution in [1.29, 1.82) is 0 Å². The molecule has 1 amide bonds. The van der Waals surface area contributed by atoms with Crippen molar-refractivity contribution in [2.75, 3.05) is 26.4 Å². The second-order valence-electron chi connectivity index (χ2n) is 5.28. The molecule has 0 atom stereocenters. The lowest BCUT2D eigenvalue weighted by Gasteiger charge is -2.36. The highest BCUT2D eigenvalue weighted by atomic mass is 16.6. The van der Waals surface area contributed by atoms with Gasteiger partial charge in [-0.1, -0.05) is 19.9 Å². The third-order valence-electron chi connectivity index (χ3n) is 3.37. The van der Waals surface area contributed by atoms with E-state index in [1.165, 1.54) is 0 Å². The lowest BCUT2D eigenvalue weighted by molar-refractivity contribution is -0.138. The molecule has 1 saturated heterocycles. The van der Waals surface area contributed by atoms with Crippen molar-refractivity contribution in [1.82, 2.24) is 5.32 Å². The van der Waals surface area contributed by atoms with Gasteiger partial charge in [0.1, 0.15) is 12.2 Å². The summed E-state index contributed by atoms with van der Waals surface area (Å²) in [5.74, 6) is -0.461. The fraction of sp³-hybridized carbons (Fsp3) is 0.733. The predicted octanol–water partition coefficient (Wildman–Crippen LogP) is 2.18. The molecule has 1 aliphatic rings. The van der Waals surface area contributed by atoms with E-state index in [1.54, 1.807) is 6.92 Å². The maximum atomic E-state index is 11.8. The first-order valence-corrected chi connectivity index (χ1v) is 7.36. The van der Waals surface area contributed by atoms with Gasteiger partial charge >= 0.3 is 12.1 Å². The number of hydrogen-bond donors (Lipinski definition) is 1. The molecule has 120 valence electrons. The number of rotatable bonds is 7. The highest BCUT2D eigenvalue weighted by Gasteiger charge is 2.35. The Balaban J connectivity index is 2.30. The SMILES string of the molecule is C=C(C)C(=O)OCCNC(=O)OC1(CCC)CCOCC1. The van der Waals surface area contributed by atoms with Crippen molar-refractivity contribution in [3.8, 4) is 0 Å². The summed E-state index contributed by atoms with van der Waals surface area (Å²) in [5.41, 5.74) is -0.0902. The molecule has 0 bridgehead atoms. The lowest BCUT2D eigenvalue weighted by Crippen LogP contribution is -2.44. The number of ether oxygens (including phenoxy) is 3. The van der Waals surface area contributed by atoms with E-state index in [0.717, 1.165) is 25.7 Å². The fourth-order valence-corrected chi connectivity index (χ4v) is 2.25. The smallest absolute Gasteiger partial charge is 0.407 e. The topological polar surface area (TPSA) is 73.9 Å². The van der Waals surface area contributed by atoms with Crippen LogP contribution in [0.5, 0.6) is 0 Å². The number of hydrogen-bond acceptors (Lipinski definition) is 5. The van der Waals surface area contributed by atoms with Crippen LogP contribution in [-0.4, -0.2) is 44.0 Å². The van der Waals surface area contributed by atoms with Gasteiger partial charge in [0, 0.05) is 18.4 Å². The van der Waals surface area contributed by atoms with Crippen LogP contribution in [-0.2, 0) is 19.0 Å². The van der Waals surface area contributed by atoms with Gasteiger partial charge in [-0.05, 0) is 13.3 Å². The first kappa shape index (κ1) is 17.5. The number of esters is 1. The minimum Gasteiger partial charge on any atom is -0.460 e. The van der Waals surface area contributed by atoms with Crippen LogP contribution in [0.15, 0.2) is 12.2 Å². The van der Waals surface area contributed by atoms with Crippen LogP contribution in [0.2, 0.25) is 0 Å². The van der Waals surface area contributed by atoms with E-state index in [0.29, 0.717) is 18.8 Å². The Labute approximate surface area is 125 Å². The Bertz CT molecular complexity index is 369. The Morgan fingerprint density at radius 3 is 2.57 bits per heavy atom. The molecule has 1 heterocycles. The van der Waals surface area contributed by atoms with Gasteiger partial charge in [0.05, 0.1) is 19.8 Å². The van der Waals surface area contributed by atoms with Gasteiger partial charge in [-0.25, -0.2) is 9.59 Å². The molecule has 0 unspecified atom stereocenters. The first-order chi connectivity index (χ1) is 9.99. The van der Waals surface area contributed by atoms with Crippen LogP contribution < -0.4 is 5.32 Å². The van der Waals surface area contributed by atoms with Crippen LogP contribution in [0.1, 0.15) is 39.5 Å². The van der Waals surface area contributed by atoms with Gasteiger partial charge in [-0.3, -0.25) is 0 Å². The minimum atomic E-state index is -0.475. The van der Waals surface area contributed by atoms with Crippen molar-refractivity contribution >= 4 is 12.1 Å². The van der Waals surface area contributed by atoms with E-state index >= 15 is 0 Å². The van der Waals surface area contributed by atoms with Crippen LogP contribution >= 0.6 is 0 Å². The molecule has 0 radical (unpaired) electrons. The summed E-state index contributed by atoms with van der Waals surface area (Å²) >= 11 is 0. The zero-order valence-electron chi connectivity index (χ0n) is 12.9. The highest BCUT2D eigenvalue weighted by molar-refractivity contribution is 5.86. The van der Waals surface area contributed by atoms with Gasteiger partial charge in [-0.15, -0.1) is 0 Å². The number of carbonyl (C=O) groups is 2. The summed E-state index contributed by atoms with van der Waals surface area (Å²) < 4.78 is 15.8. The molecular weight excluding hydrogens is 274 g/mol. The largest absolute Gasteiger partial charge is 0.460 e. The van der Waals surface area contributed by atoms with E-state index in [-0.39, 0.29) is 13.2 Å². The zero-order chi connectivity index (χ0) is 15.7. The summed E-state index contributed by atoms with van der Waals surface area (Å²) in [6, 6.07) is 0. The second kappa shape index (κ2) is 8.67. The van der Waals surface area contributed by atoms with Gasteiger partial charge < -0.3 is 19.5 Å². The van der Waals surface area contributed by atoms with Gasteiger partial charge in [0.15, 0.2) is 0 Å². The Morgan fingerprint density at radius 2 is 2.00 bits per heavy atom. The van der Waals surface area contributed by atoms with Crippen molar-refractivity contribution in [2.24, 2.45) is 0 Å². The van der Waals surface area contributed by atoms with Crippen LogP contribution in [0, 0.1) is 0 Å². The van der Waals surface area contributed by atoms with Crippen molar-refractivity contribution in [3.05, 3.63) is 12.2 Å². The standard InChI is InChI=1S/C15H25NO5/c1-4-5-15(6-9-19-10-7-15)21-14(18)16-8-11-20-13(17)12(2)3/h2,4-11H2,1,3H3,(H,16,18). The summed E-state index contributed by atoms with van der Waals surface area (Å²) in [5, 5.41) is 2.60. The average Bonchev–Trinajstić information content (AvgIpc) is 2.44. The number of nitrogens with one attached hydrogen (secondary N) is 1. The van der Waals surface area contributed by atoms with Crippen molar-refractivity contribution in [3.63, 3.8) is 0 Å². The fourth-order valence-electron chi connectivity index (χ4n) is 2.25. The maximum Gasteiger partial charge on any atom is 0.407 e. The zero-order valence-corrected chi connectivity index (χ0v) is 12.9. The molecule has 0 aromatic rings. The third kappa shape index (κ3) is 6.16. The van der Waals surface area contributed by atoms with Crippen LogP contribution in [0.4, 0.5) is 4.79 Å². The maximum absolute atomic E-state index is 11.8. The van der Waals surface area contributed by atoms with Crippen LogP contribution in [0.25, 0.3) is 0 Å². The Hall–Kier alpha value is -1.56. The molecule has 6 heteroatoms. The number of carbonyl (C=O) groups excluding carboxylic acids is 2. The van der Waals surface area contributed by atoms with E-state index in [4.69, 9.17) is 14.2 Å². The number of alkyl carbamates (subject to hydrolysis) is 1. The molecule has 6 nitrogen and oxygen atoms in total. The quantitative estimate of drug-likeness (QED) is 0.443. The molecule has 0 aromatic heterocycles. The molecule has 21 heavy (non-hydrogen) atoms. The predicted molar refractivity (Wildman–Crippen MR) is 77.9 cm³/mol. The number of amides is 1. The third-order valence-corrected chi connectivity index (χ3v) is 3.37. The molecular formula is C15H25NO5. The minimum absolute atomic E-state index is 0.102. The van der Waals surface area contributed by atoms with Crippen LogP contribution in [0.3, 0.4) is 0 Å². The molecule has 1 rings (SSSR count). The average molecular weight is 299 g/mol. The monoisotopic (exact) mass is 299 g/mol. The first-order valence-electron chi connectivity index (χ1n) is 7.36. The Morgan fingerprint density at radius 1 is 1.33 bits per heavy atom. The summed E-state index contributed by atoms with van der Waals surface area (Å²) in [4.78, 5) is 23.0. The van der Waals surface area contributed by atoms with Crippen molar-refractivity contribution < 1.29 is 23.8 Å².